The Balaban J connectivity index is 2.23. The molecule has 0 N–H and O–H groups in total. The normalized spacial score (nSPS) is 12.7. The van der Waals surface area contributed by atoms with E-state index < -0.39 is 15.7 Å². The van der Waals surface area contributed by atoms with Gasteiger partial charge in [-0.05, 0) is 37.5 Å². The second kappa shape index (κ2) is 10.6. The van der Waals surface area contributed by atoms with Crippen LogP contribution in [-0.4, -0.2) is 28.7 Å². The molecule has 0 aromatic heterocycles. The molecule has 3 rings (SSSR count). The third-order valence-corrected chi connectivity index (χ3v) is 6.65. The minimum Gasteiger partial charge on any atom is -0.303 e. The van der Waals surface area contributed by atoms with Crippen LogP contribution in [0.5, 0.6) is 0 Å². The van der Waals surface area contributed by atoms with E-state index in [4.69, 9.17) is 4.84 Å². The maximum atomic E-state index is 12.1. The van der Waals surface area contributed by atoms with Crippen molar-refractivity contribution >= 4 is 24.5 Å². The fourth-order valence-electron chi connectivity index (χ4n) is 3.68. The maximum absolute atomic E-state index is 12.1. The van der Waals surface area contributed by atoms with Crippen molar-refractivity contribution in [3.05, 3.63) is 108 Å². The number of nitrogens with zero attached hydrogens (tertiary/aromatic N) is 1. The van der Waals surface area contributed by atoms with E-state index >= 15 is 0 Å². The van der Waals surface area contributed by atoms with Gasteiger partial charge in [0, 0.05) is 6.42 Å². The molecule has 5 heteroatoms. The molecule has 0 saturated carbocycles. The second-order valence-electron chi connectivity index (χ2n) is 8.42. The first kappa shape index (κ1) is 23.8. The summed E-state index contributed by atoms with van der Waals surface area (Å²) in [5.74, 6) is 0. The molecule has 0 heterocycles. The number of hydroxylamine groups is 2. The van der Waals surface area contributed by atoms with Crippen molar-refractivity contribution in [2.75, 3.05) is 0 Å². The SMILES string of the molecule is CC(C)(C)ON(C=O)[C@@H](CC=O)SC(c1ccccc1)(c1ccccc1)c1ccccc1. The van der Waals surface area contributed by atoms with E-state index in [0.717, 1.165) is 23.0 Å². The molecule has 4 nitrogen and oxygen atoms in total. The fraction of sp³-hybridized carbons (Fsp3) is 0.259. The standard InChI is InChI=1S/C27H29NO3S/c1-26(2,3)31-28(21-30)25(19-20-29)32-27(22-13-7-4-8-14-22,23-15-9-5-10-16-23)24-17-11-6-12-18-24/h4-18,20-21,25H,19H2,1-3H3/t25-/m1/s1. The zero-order valence-corrected chi connectivity index (χ0v) is 19.5. The molecule has 0 aliphatic heterocycles. The van der Waals surface area contributed by atoms with Gasteiger partial charge in [-0.1, -0.05) is 91.0 Å². The van der Waals surface area contributed by atoms with Crippen LogP contribution in [0.25, 0.3) is 0 Å². The summed E-state index contributed by atoms with van der Waals surface area (Å²) >= 11 is 1.53. The lowest BCUT2D eigenvalue weighted by Crippen LogP contribution is -2.42. The van der Waals surface area contributed by atoms with Gasteiger partial charge in [0.2, 0.25) is 6.41 Å². The minimum atomic E-state index is -0.667. The first-order valence-electron chi connectivity index (χ1n) is 10.6. The van der Waals surface area contributed by atoms with Crippen LogP contribution in [0, 0.1) is 0 Å². The lowest BCUT2D eigenvalue weighted by molar-refractivity contribution is -0.220. The van der Waals surface area contributed by atoms with Crippen molar-refractivity contribution in [1.82, 2.24) is 5.06 Å². The lowest BCUT2D eigenvalue weighted by Gasteiger charge is -2.41. The van der Waals surface area contributed by atoms with E-state index in [2.05, 4.69) is 36.4 Å². The van der Waals surface area contributed by atoms with Gasteiger partial charge < -0.3 is 4.79 Å². The van der Waals surface area contributed by atoms with Crippen LogP contribution in [0.15, 0.2) is 91.0 Å². The monoisotopic (exact) mass is 447 g/mol. The highest BCUT2D eigenvalue weighted by Crippen LogP contribution is 2.51. The predicted octanol–water partition coefficient (Wildman–Crippen LogP) is 5.82. The Morgan fingerprint density at radius 1 is 0.781 bits per heavy atom. The van der Waals surface area contributed by atoms with Crippen molar-refractivity contribution in [3.63, 3.8) is 0 Å². The molecule has 32 heavy (non-hydrogen) atoms. The largest absolute Gasteiger partial charge is 0.303 e. The van der Waals surface area contributed by atoms with Gasteiger partial charge >= 0.3 is 0 Å². The van der Waals surface area contributed by atoms with Crippen molar-refractivity contribution in [2.45, 2.75) is 42.9 Å². The molecule has 3 aromatic rings. The van der Waals surface area contributed by atoms with Gasteiger partial charge in [0.25, 0.3) is 0 Å². The lowest BCUT2D eigenvalue weighted by atomic mass is 9.84. The van der Waals surface area contributed by atoms with Gasteiger partial charge in [0.1, 0.15) is 11.7 Å². The number of benzene rings is 3. The highest BCUT2D eigenvalue weighted by molar-refractivity contribution is 8.01. The summed E-state index contributed by atoms with van der Waals surface area (Å²) in [5.41, 5.74) is 2.58. The summed E-state index contributed by atoms with van der Waals surface area (Å²) in [6.07, 6.45) is 1.64. The van der Waals surface area contributed by atoms with Crippen LogP contribution < -0.4 is 0 Å². The van der Waals surface area contributed by atoms with Crippen LogP contribution in [0.2, 0.25) is 0 Å². The summed E-state index contributed by atoms with van der Waals surface area (Å²) in [7, 11) is 0. The van der Waals surface area contributed by atoms with Gasteiger partial charge in [-0.25, -0.2) is 5.06 Å². The first-order chi connectivity index (χ1) is 15.4. The molecule has 0 radical (unpaired) electrons. The molecule has 0 aliphatic rings. The highest BCUT2D eigenvalue weighted by Gasteiger charge is 2.41. The number of thioether (sulfide) groups is 1. The van der Waals surface area contributed by atoms with E-state index in [1.165, 1.54) is 16.8 Å². The van der Waals surface area contributed by atoms with Crippen LogP contribution in [0.4, 0.5) is 0 Å². The minimum absolute atomic E-state index is 0.133. The van der Waals surface area contributed by atoms with Gasteiger partial charge in [-0.2, -0.15) is 0 Å². The molecule has 0 aliphatic carbocycles. The molecule has 3 aromatic carbocycles. The topological polar surface area (TPSA) is 46.6 Å². The summed E-state index contributed by atoms with van der Waals surface area (Å²) in [6.45, 7) is 5.64. The molecule has 0 saturated heterocycles. The number of aldehydes is 1. The molecule has 0 bridgehead atoms. The number of amides is 1. The molecule has 166 valence electrons. The smallest absolute Gasteiger partial charge is 0.234 e. The second-order valence-corrected chi connectivity index (χ2v) is 9.82. The Morgan fingerprint density at radius 2 is 1.19 bits per heavy atom. The molecular weight excluding hydrogens is 418 g/mol. The summed E-state index contributed by atoms with van der Waals surface area (Å²) in [6, 6.07) is 30.5. The maximum Gasteiger partial charge on any atom is 0.234 e. The Kier molecular flexibility index (Phi) is 7.89. The van der Waals surface area contributed by atoms with E-state index in [9.17, 15) is 9.59 Å². The number of rotatable bonds is 10. The summed E-state index contributed by atoms with van der Waals surface area (Å²) in [4.78, 5) is 29.7. The van der Waals surface area contributed by atoms with Crippen LogP contribution in [-0.2, 0) is 19.2 Å². The number of hydrogen-bond acceptors (Lipinski definition) is 4. The van der Waals surface area contributed by atoms with Crippen molar-refractivity contribution in [3.8, 4) is 0 Å². The quantitative estimate of drug-likeness (QED) is 0.170. The van der Waals surface area contributed by atoms with E-state index in [-0.39, 0.29) is 6.42 Å². The Hall–Kier alpha value is -2.89. The third kappa shape index (κ3) is 5.47. The van der Waals surface area contributed by atoms with Gasteiger partial charge in [0.15, 0.2) is 0 Å². The van der Waals surface area contributed by atoms with Gasteiger partial charge in [-0.15, -0.1) is 11.8 Å². The average molecular weight is 448 g/mol. The van der Waals surface area contributed by atoms with E-state index in [1.54, 1.807) is 0 Å². The Labute approximate surface area is 194 Å². The molecule has 1 amide bonds. The van der Waals surface area contributed by atoms with E-state index in [1.807, 2.05) is 75.4 Å². The Bertz CT molecular complexity index is 891. The van der Waals surface area contributed by atoms with Gasteiger partial charge in [0.05, 0.1) is 10.3 Å². The summed E-state index contributed by atoms with van der Waals surface area (Å²) < 4.78 is -0.667. The molecular formula is C27H29NO3S. The predicted molar refractivity (Wildman–Crippen MR) is 130 cm³/mol. The van der Waals surface area contributed by atoms with Crippen LogP contribution >= 0.6 is 11.8 Å². The molecule has 0 fully saturated rings. The average Bonchev–Trinajstić information content (AvgIpc) is 2.81. The highest BCUT2D eigenvalue weighted by atomic mass is 32.2. The van der Waals surface area contributed by atoms with Gasteiger partial charge in [-0.3, -0.25) is 9.63 Å². The Morgan fingerprint density at radius 3 is 1.50 bits per heavy atom. The summed E-state index contributed by atoms with van der Waals surface area (Å²) in [5, 5.41) is 0.743. The fourth-order valence-corrected chi connectivity index (χ4v) is 5.27. The zero-order valence-electron chi connectivity index (χ0n) is 18.7. The van der Waals surface area contributed by atoms with Crippen LogP contribution in [0.1, 0.15) is 43.9 Å². The number of hydrogen-bond donors (Lipinski definition) is 0. The molecule has 0 unspecified atom stereocenters. The van der Waals surface area contributed by atoms with Crippen molar-refractivity contribution in [1.29, 1.82) is 0 Å². The molecule has 0 spiro atoms. The number of carbonyl (C=O) groups is 2. The molecule has 1 atom stereocenters. The first-order valence-corrected chi connectivity index (χ1v) is 11.5. The third-order valence-electron chi connectivity index (χ3n) is 4.92. The van der Waals surface area contributed by atoms with Crippen molar-refractivity contribution in [2.24, 2.45) is 0 Å². The number of carbonyl (C=O) groups excluding carboxylic acids is 2. The van der Waals surface area contributed by atoms with Crippen LogP contribution in [0.3, 0.4) is 0 Å². The van der Waals surface area contributed by atoms with E-state index in [0.29, 0.717) is 6.41 Å². The van der Waals surface area contributed by atoms with Crippen molar-refractivity contribution < 1.29 is 14.4 Å². The zero-order chi connectivity index (χ0) is 23.0.